The van der Waals surface area contributed by atoms with E-state index in [1.807, 2.05) is 78.9 Å². The van der Waals surface area contributed by atoms with Crippen molar-refractivity contribution in [2.45, 2.75) is 6.17 Å². The van der Waals surface area contributed by atoms with Crippen LogP contribution < -0.4 is 10.6 Å². The minimum atomic E-state index is -1.06. The maximum absolute atomic E-state index is 13.0. The molecular weight excluding hydrogens is 376 g/mol. The fraction of sp³-hybridized carbons (Fsp3) is 0.0417. The van der Waals surface area contributed by atoms with E-state index in [-0.39, 0.29) is 11.8 Å². The second-order valence-corrected chi connectivity index (χ2v) is 7.00. The zero-order chi connectivity index (χ0) is 20.5. The van der Waals surface area contributed by atoms with Crippen LogP contribution in [0.3, 0.4) is 0 Å². The molecule has 30 heavy (non-hydrogen) atoms. The summed E-state index contributed by atoms with van der Waals surface area (Å²) >= 11 is 0. The van der Waals surface area contributed by atoms with Gasteiger partial charge in [0.05, 0.1) is 17.0 Å². The largest absolute Gasteiger partial charge is 0.360 e. The Balaban J connectivity index is 1.55. The second kappa shape index (κ2) is 7.33. The normalized spacial score (nSPS) is 15.7. The average molecular weight is 394 g/mol. The molecule has 6 nitrogen and oxygen atoms in total. The number of anilines is 1. The third kappa shape index (κ3) is 3.14. The van der Waals surface area contributed by atoms with E-state index in [4.69, 9.17) is 0 Å². The molecule has 0 spiro atoms. The first-order valence-electron chi connectivity index (χ1n) is 9.61. The zero-order valence-electron chi connectivity index (χ0n) is 15.9. The van der Waals surface area contributed by atoms with E-state index in [9.17, 15) is 9.59 Å². The van der Waals surface area contributed by atoms with Crippen molar-refractivity contribution in [2.24, 2.45) is 4.99 Å². The number of aliphatic imine (C=N–C) groups is 1. The molecule has 0 saturated carbocycles. The maximum Gasteiger partial charge on any atom is 0.269 e. The molecule has 1 aliphatic rings. The lowest BCUT2D eigenvalue weighted by Crippen LogP contribution is -2.42. The van der Waals surface area contributed by atoms with Crippen LogP contribution >= 0.6 is 0 Å². The highest BCUT2D eigenvalue weighted by atomic mass is 16.2. The molecular formula is C24H18N4O2. The Morgan fingerprint density at radius 3 is 2.50 bits per heavy atom. The number of benzene rings is 3. The van der Waals surface area contributed by atoms with Gasteiger partial charge in [-0.25, -0.2) is 4.99 Å². The molecule has 5 rings (SSSR count). The summed E-state index contributed by atoms with van der Waals surface area (Å²) in [6, 6.07) is 24.6. The lowest BCUT2D eigenvalue weighted by atomic mass is 10.0. The number of carbonyl (C=O) groups excluding carboxylic acids is 2. The van der Waals surface area contributed by atoms with E-state index in [1.165, 1.54) is 0 Å². The molecule has 3 aromatic carbocycles. The van der Waals surface area contributed by atoms with Crippen LogP contribution in [-0.4, -0.2) is 28.7 Å². The fourth-order valence-corrected chi connectivity index (χ4v) is 3.64. The minimum Gasteiger partial charge on any atom is -0.360 e. The van der Waals surface area contributed by atoms with E-state index in [0.717, 1.165) is 22.0 Å². The number of nitrogens with zero attached hydrogens (tertiary/aromatic N) is 1. The number of H-pyrrole nitrogens is 1. The number of para-hydroxylation sites is 2. The lowest BCUT2D eigenvalue weighted by Gasteiger charge is -2.13. The number of rotatable bonds is 3. The summed E-state index contributed by atoms with van der Waals surface area (Å²) in [6.45, 7) is 0. The van der Waals surface area contributed by atoms with Gasteiger partial charge in [0.15, 0.2) is 0 Å². The monoisotopic (exact) mass is 394 g/mol. The van der Waals surface area contributed by atoms with Gasteiger partial charge >= 0.3 is 0 Å². The van der Waals surface area contributed by atoms with Crippen molar-refractivity contribution in [3.8, 4) is 0 Å². The Bertz CT molecular complexity index is 1290. The number of aromatic amines is 1. The summed E-state index contributed by atoms with van der Waals surface area (Å²) in [5.41, 5.74) is 4.31. The van der Waals surface area contributed by atoms with Gasteiger partial charge in [0.25, 0.3) is 11.8 Å². The lowest BCUT2D eigenvalue weighted by molar-refractivity contribution is -0.117. The smallest absolute Gasteiger partial charge is 0.269 e. The van der Waals surface area contributed by atoms with Crippen LogP contribution in [0.5, 0.6) is 0 Å². The maximum atomic E-state index is 13.0. The van der Waals surface area contributed by atoms with Crippen LogP contribution in [-0.2, 0) is 4.79 Å². The SMILES string of the molecule is O=C(N[C@@H]1N=C(c2ccccc2)c2ccccc2NC1=O)c1c[nH]c2ccccc12. The highest BCUT2D eigenvalue weighted by Crippen LogP contribution is 2.24. The van der Waals surface area contributed by atoms with Crippen LogP contribution in [0.15, 0.2) is 90.1 Å². The molecule has 0 bridgehead atoms. The van der Waals surface area contributed by atoms with Gasteiger partial charge in [-0.3, -0.25) is 9.59 Å². The molecule has 0 unspecified atom stereocenters. The van der Waals surface area contributed by atoms with E-state index in [0.29, 0.717) is 17.0 Å². The molecule has 0 radical (unpaired) electrons. The molecule has 0 fully saturated rings. The quantitative estimate of drug-likeness (QED) is 0.495. The molecule has 1 atom stereocenters. The molecule has 146 valence electrons. The summed E-state index contributed by atoms with van der Waals surface area (Å²) in [6.07, 6.45) is 0.583. The van der Waals surface area contributed by atoms with Crippen molar-refractivity contribution in [3.63, 3.8) is 0 Å². The third-order valence-electron chi connectivity index (χ3n) is 5.10. The van der Waals surface area contributed by atoms with Gasteiger partial charge in [0, 0.05) is 28.2 Å². The average Bonchev–Trinajstić information content (AvgIpc) is 3.16. The van der Waals surface area contributed by atoms with Gasteiger partial charge in [0.1, 0.15) is 0 Å². The number of fused-ring (bicyclic) bond motifs is 2. The van der Waals surface area contributed by atoms with Crippen molar-refractivity contribution in [1.29, 1.82) is 0 Å². The van der Waals surface area contributed by atoms with Crippen LogP contribution in [0, 0.1) is 0 Å². The number of amides is 2. The Morgan fingerprint density at radius 1 is 0.900 bits per heavy atom. The molecule has 1 aliphatic heterocycles. The van der Waals surface area contributed by atoms with E-state index < -0.39 is 6.17 Å². The van der Waals surface area contributed by atoms with Crippen LogP contribution in [0.25, 0.3) is 10.9 Å². The van der Waals surface area contributed by atoms with Gasteiger partial charge in [-0.1, -0.05) is 66.7 Å². The van der Waals surface area contributed by atoms with E-state index in [1.54, 1.807) is 6.20 Å². The second-order valence-electron chi connectivity index (χ2n) is 7.00. The number of benzodiazepines with no additional fused rings is 1. The first-order chi connectivity index (χ1) is 14.7. The number of hydrogen-bond acceptors (Lipinski definition) is 3. The Labute approximate surface area is 172 Å². The Kier molecular flexibility index (Phi) is 4.37. The summed E-state index contributed by atoms with van der Waals surface area (Å²) in [7, 11) is 0. The first kappa shape index (κ1) is 17.9. The van der Waals surface area contributed by atoms with E-state index in [2.05, 4.69) is 20.6 Å². The highest BCUT2D eigenvalue weighted by Gasteiger charge is 2.27. The standard InChI is InChI=1S/C24H18N4O2/c29-23(18-14-25-19-12-6-4-10-16(18)19)28-22-24(30)26-20-13-7-5-11-17(20)21(27-22)15-8-2-1-3-9-15/h1-14,22,25H,(H,26,30)(H,28,29)/t22-/m0/s1. The molecule has 2 amide bonds. The predicted molar refractivity (Wildman–Crippen MR) is 117 cm³/mol. The molecule has 6 heteroatoms. The number of aromatic nitrogens is 1. The van der Waals surface area contributed by atoms with Gasteiger partial charge in [0.2, 0.25) is 6.17 Å². The molecule has 2 heterocycles. The van der Waals surface area contributed by atoms with Crippen LogP contribution in [0.4, 0.5) is 5.69 Å². The molecule has 0 saturated heterocycles. The Hall–Kier alpha value is -4.19. The van der Waals surface area contributed by atoms with Gasteiger partial charge in [-0.05, 0) is 12.1 Å². The van der Waals surface area contributed by atoms with Crippen molar-refractivity contribution in [1.82, 2.24) is 10.3 Å². The molecule has 4 aromatic rings. The zero-order valence-corrected chi connectivity index (χ0v) is 15.9. The predicted octanol–water partition coefficient (Wildman–Crippen LogP) is 3.71. The minimum absolute atomic E-state index is 0.366. The van der Waals surface area contributed by atoms with Gasteiger partial charge in [-0.2, -0.15) is 0 Å². The Morgan fingerprint density at radius 2 is 1.63 bits per heavy atom. The number of hydrogen-bond donors (Lipinski definition) is 3. The van der Waals surface area contributed by atoms with Crippen molar-refractivity contribution >= 4 is 34.1 Å². The van der Waals surface area contributed by atoms with Crippen LogP contribution in [0.2, 0.25) is 0 Å². The van der Waals surface area contributed by atoms with Crippen molar-refractivity contribution in [3.05, 3.63) is 102 Å². The van der Waals surface area contributed by atoms with Gasteiger partial charge in [-0.15, -0.1) is 0 Å². The summed E-state index contributed by atoms with van der Waals surface area (Å²) < 4.78 is 0. The molecule has 0 aliphatic carbocycles. The van der Waals surface area contributed by atoms with Crippen molar-refractivity contribution in [2.75, 3.05) is 5.32 Å². The summed E-state index contributed by atoms with van der Waals surface area (Å²) in [5.74, 6) is -0.753. The fourth-order valence-electron chi connectivity index (χ4n) is 3.64. The molecule has 1 aromatic heterocycles. The third-order valence-corrected chi connectivity index (χ3v) is 5.10. The summed E-state index contributed by atoms with van der Waals surface area (Å²) in [5, 5.41) is 6.45. The van der Waals surface area contributed by atoms with Crippen LogP contribution in [0.1, 0.15) is 21.5 Å². The number of carbonyl (C=O) groups is 2. The van der Waals surface area contributed by atoms with Gasteiger partial charge < -0.3 is 15.6 Å². The molecule has 3 N–H and O–H groups in total. The first-order valence-corrected chi connectivity index (χ1v) is 9.61. The van der Waals surface area contributed by atoms with Crippen molar-refractivity contribution < 1.29 is 9.59 Å². The van der Waals surface area contributed by atoms with E-state index >= 15 is 0 Å². The topological polar surface area (TPSA) is 86.3 Å². The highest BCUT2D eigenvalue weighted by molar-refractivity contribution is 6.20. The summed E-state index contributed by atoms with van der Waals surface area (Å²) in [4.78, 5) is 33.6. The number of nitrogens with one attached hydrogen (secondary N) is 3.